The molecule has 0 radical (unpaired) electrons. The van der Waals surface area contributed by atoms with Gasteiger partial charge in [0, 0.05) is 23.0 Å². The van der Waals surface area contributed by atoms with E-state index >= 15 is 0 Å². The van der Waals surface area contributed by atoms with Crippen LogP contribution < -0.4 is 20.7 Å². The summed E-state index contributed by atoms with van der Waals surface area (Å²) in [5.74, 6) is -3.21. The maximum absolute atomic E-state index is 13.4. The van der Waals surface area contributed by atoms with Crippen LogP contribution in [0.25, 0.3) is 0 Å². The minimum Gasteiger partial charge on any atom is -0.434 e. The zero-order valence-electron chi connectivity index (χ0n) is 14.9. The molecule has 0 fully saturated rings. The van der Waals surface area contributed by atoms with Gasteiger partial charge in [0.05, 0.1) is 11.6 Å². The molecule has 2 aromatic carbocycles. The molecule has 0 unspecified atom stereocenters. The second-order valence-electron chi connectivity index (χ2n) is 6.07. The fourth-order valence-corrected chi connectivity index (χ4v) is 2.92. The first-order valence-electron chi connectivity index (χ1n) is 8.34. The molecule has 0 saturated carbocycles. The predicted octanol–water partition coefficient (Wildman–Crippen LogP) is 3.83. The van der Waals surface area contributed by atoms with Gasteiger partial charge in [-0.25, -0.2) is 13.6 Å². The minimum absolute atomic E-state index is 0.0142. The Morgan fingerprint density at radius 1 is 1.14 bits per heavy atom. The van der Waals surface area contributed by atoms with E-state index in [4.69, 9.17) is 0 Å². The molecular weight excluding hydrogens is 394 g/mol. The van der Waals surface area contributed by atoms with Crippen LogP contribution in [0.3, 0.4) is 0 Å². The van der Waals surface area contributed by atoms with Crippen LogP contribution in [0.1, 0.15) is 18.5 Å². The van der Waals surface area contributed by atoms with Crippen LogP contribution in [0.4, 0.5) is 28.0 Å². The maximum Gasteiger partial charge on any atom is 0.387 e. The lowest BCUT2D eigenvalue weighted by atomic mass is 9.94. The third-order valence-electron chi connectivity index (χ3n) is 4.14. The number of anilines is 1. The molecular formula is C19H15F4N3O3. The van der Waals surface area contributed by atoms with Crippen molar-refractivity contribution in [1.29, 1.82) is 0 Å². The summed E-state index contributed by atoms with van der Waals surface area (Å²) in [7, 11) is 0. The molecule has 152 valence electrons. The molecule has 1 aliphatic rings. The van der Waals surface area contributed by atoms with E-state index < -0.39 is 36.2 Å². The molecule has 6 nitrogen and oxygen atoms in total. The number of hydrogen-bond donors (Lipinski definition) is 3. The molecule has 0 aromatic heterocycles. The molecule has 0 aliphatic carbocycles. The van der Waals surface area contributed by atoms with E-state index in [1.807, 2.05) is 0 Å². The van der Waals surface area contributed by atoms with Gasteiger partial charge >= 0.3 is 12.6 Å². The Morgan fingerprint density at radius 3 is 2.55 bits per heavy atom. The fourth-order valence-electron chi connectivity index (χ4n) is 2.92. The summed E-state index contributed by atoms with van der Waals surface area (Å²) in [5, 5.41) is 7.31. The van der Waals surface area contributed by atoms with E-state index in [0.717, 1.165) is 18.2 Å². The van der Waals surface area contributed by atoms with Gasteiger partial charge in [0.1, 0.15) is 5.75 Å². The topological polar surface area (TPSA) is 79.5 Å². The number of ether oxygens (including phenoxy) is 1. The summed E-state index contributed by atoms with van der Waals surface area (Å²) < 4.78 is 56.5. The van der Waals surface area contributed by atoms with E-state index in [-0.39, 0.29) is 28.3 Å². The second-order valence-corrected chi connectivity index (χ2v) is 6.07. The number of carbonyl (C=O) groups is 2. The Kier molecular flexibility index (Phi) is 5.71. The van der Waals surface area contributed by atoms with Gasteiger partial charge in [-0.2, -0.15) is 8.78 Å². The van der Waals surface area contributed by atoms with Crippen LogP contribution in [0.5, 0.6) is 5.75 Å². The summed E-state index contributed by atoms with van der Waals surface area (Å²) in [6.07, 6.45) is 0. The third-order valence-corrected chi connectivity index (χ3v) is 4.14. The van der Waals surface area contributed by atoms with Crippen molar-refractivity contribution in [2.45, 2.75) is 19.6 Å². The number of alkyl halides is 2. The third kappa shape index (κ3) is 4.48. The number of para-hydroxylation sites is 1. The first kappa shape index (κ1) is 20.2. The van der Waals surface area contributed by atoms with Gasteiger partial charge < -0.3 is 20.7 Å². The normalized spacial score (nSPS) is 16.3. The zero-order valence-corrected chi connectivity index (χ0v) is 14.9. The molecule has 0 spiro atoms. The van der Waals surface area contributed by atoms with E-state index in [9.17, 15) is 27.2 Å². The number of carbonyl (C=O) groups excluding carboxylic acids is 2. The minimum atomic E-state index is -3.11. The van der Waals surface area contributed by atoms with Crippen molar-refractivity contribution in [3.05, 3.63) is 70.9 Å². The smallest absolute Gasteiger partial charge is 0.387 e. The number of rotatable bonds is 5. The highest BCUT2D eigenvalue weighted by atomic mass is 19.3. The Balaban J connectivity index is 1.98. The predicted molar refractivity (Wildman–Crippen MR) is 95.2 cm³/mol. The molecule has 0 saturated heterocycles. The number of allylic oxidation sites excluding steroid dienone is 1. The van der Waals surface area contributed by atoms with Gasteiger partial charge in [-0.3, -0.25) is 4.79 Å². The van der Waals surface area contributed by atoms with Gasteiger partial charge in [-0.05, 0) is 25.1 Å². The van der Waals surface area contributed by atoms with Gasteiger partial charge in [-0.15, -0.1) is 0 Å². The lowest BCUT2D eigenvalue weighted by molar-refractivity contribution is -0.113. The summed E-state index contributed by atoms with van der Waals surface area (Å²) in [6.45, 7) is -1.67. The number of benzene rings is 2. The monoisotopic (exact) mass is 409 g/mol. The Hall–Kier alpha value is -3.56. The summed E-state index contributed by atoms with van der Waals surface area (Å²) in [5.41, 5.74) is 0.240. The van der Waals surface area contributed by atoms with Crippen molar-refractivity contribution in [2.75, 3.05) is 5.32 Å². The van der Waals surface area contributed by atoms with Crippen LogP contribution in [0, 0.1) is 11.6 Å². The van der Waals surface area contributed by atoms with Crippen molar-refractivity contribution in [2.24, 2.45) is 0 Å². The summed E-state index contributed by atoms with van der Waals surface area (Å²) in [4.78, 5) is 24.8. The van der Waals surface area contributed by atoms with Gasteiger partial charge in [0.25, 0.3) is 5.91 Å². The van der Waals surface area contributed by atoms with Crippen molar-refractivity contribution in [3.8, 4) is 5.75 Å². The van der Waals surface area contributed by atoms with Crippen LogP contribution in [0.2, 0.25) is 0 Å². The first-order chi connectivity index (χ1) is 13.8. The Bertz CT molecular complexity index is 994. The van der Waals surface area contributed by atoms with Crippen molar-refractivity contribution in [3.63, 3.8) is 0 Å². The largest absolute Gasteiger partial charge is 0.434 e. The zero-order chi connectivity index (χ0) is 21.1. The van der Waals surface area contributed by atoms with Crippen LogP contribution in [0.15, 0.2) is 53.7 Å². The van der Waals surface area contributed by atoms with Crippen molar-refractivity contribution >= 4 is 17.6 Å². The number of nitrogens with one attached hydrogen (secondary N) is 3. The average Bonchev–Trinajstić information content (AvgIpc) is 2.64. The highest BCUT2D eigenvalue weighted by Gasteiger charge is 2.33. The molecule has 3 amide bonds. The standard InChI is InChI=1S/C19H15F4N3O3/c1-9-15(17(27)25-10-6-7-12(20)13(21)8-10)16(26-19(28)24-9)11-4-2-3-5-14(11)29-18(22)23/h2-8,16,18H,1H3,(H,25,27)(H2,24,26,28)/t16-/m0/s1. The highest BCUT2D eigenvalue weighted by molar-refractivity contribution is 6.06. The van der Waals surface area contributed by atoms with E-state index in [1.165, 1.54) is 31.2 Å². The van der Waals surface area contributed by atoms with Crippen LogP contribution in [-0.2, 0) is 4.79 Å². The van der Waals surface area contributed by atoms with Gasteiger partial charge in [-0.1, -0.05) is 18.2 Å². The summed E-state index contributed by atoms with van der Waals surface area (Å²) >= 11 is 0. The second kappa shape index (κ2) is 8.21. The molecule has 29 heavy (non-hydrogen) atoms. The number of halogens is 4. The average molecular weight is 409 g/mol. The number of hydrogen-bond acceptors (Lipinski definition) is 3. The fraction of sp³-hybridized carbons (Fsp3) is 0.158. The maximum atomic E-state index is 13.4. The molecule has 3 N–H and O–H groups in total. The molecule has 2 aromatic rings. The molecule has 1 aliphatic heterocycles. The van der Waals surface area contributed by atoms with E-state index in [1.54, 1.807) is 0 Å². The molecule has 3 rings (SSSR count). The molecule has 10 heteroatoms. The molecule has 0 bridgehead atoms. The van der Waals surface area contributed by atoms with E-state index in [0.29, 0.717) is 0 Å². The lowest BCUT2D eigenvalue weighted by Crippen LogP contribution is -2.46. The Morgan fingerprint density at radius 2 is 1.86 bits per heavy atom. The Labute approximate surface area is 162 Å². The molecule has 1 heterocycles. The first-order valence-corrected chi connectivity index (χ1v) is 8.34. The van der Waals surface area contributed by atoms with Gasteiger partial charge in [0.15, 0.2) is 11.6 Å². The highest BCUT2D eigenvalue weighted by Crippen LogP contribution is 2.34. The van der Waals surface area contributed by atoms with Gasteiger partial charge in [0.2, 0.25) is 0 Å². The van der Waals surface area contributed by atoms with E-state index in [2.05, 4.69) is 20.7 Å². The van der Waals surface area contributed by atoms with Crippen LogP contribution >= 0.6 is 0 Å². The quantitative estimate of drug-likeness (QED) is 0.657. The van der Waals surface area contributed by atoms with Crippen molar-refractivity contribution in [1.82, 2.24) is 10.6 Å². The van der Waals surface area contributed by atoms with Crippen LogP contribution in [-0.4, -0.2) is 18.5 Å². The lowest BCUT2D eigenvalue weighted by Gasteiger charge is -2.29. The number of urea groups is 1. The SMILES string of the molecule is CC1=C(C(=O)Nc2ccc(F)c(F)c2)[C@H](c2ccccc2OC(F)F)NC(=O)N1. The number of amides is 3. The molecule has 1 atom stereocenters. The summed E-state index contributed by atoms with van der Waals surface area (Å²) in [6, 6.07) is 6.71. The van der Waals surface area contributed by atoms with Crippen molar-refractivity contribution < 1.29 is 31.9 Å².